The highest BCUT2D eigenvalue weighted by molar-refractivity contribution is 5.90. The topological polar surface area (TPSA) is 97.9 Å². The van der Waals surface area contributed by atoms with Gasteiger partial charge in [-0.3, -0.25) is 4.68 Å². The smallest absolute Gasteiger partial charge is 0.319 e. The third-order valence-corrected chi connectivity index (χ3v) is 2.91. The minimum absolute atomic E-state index is 0.220. The monoisotopic (exact) mass is 292 g/mol. The Bertz CT molecular complexity index is 630. The summed E-state index contributed by atoms with van der Waals surface area (Å²) in [4.78, 5) is 16.1. The SMILES string of the molecule is Cc1noc(C(C)NC(=O)Nc2cn(C)nc2C(C)C)n1. The van der Waals surface area contributed by atoms with E-state index in [2.05, 4.69) is 25.9 Å². The maximum Gasteiger partial charge on any atom is 0.319 e. The molecular weight excluding hydrogens is 272 g/mol. The van der Waals surface area contributed by atoms with Crippen molar-refractivity contribution in [3.63, 3.8) is 0 Å². The third kappa shape index (κ3) is 3.59. The predicted octanol–water partition coefficient (Wildman–Crippen LogP) is 2.12. The van der Waals surface area contributed by atoms with Crippen LogP contribution in [0.2, 0.25) is 0 Å². The van der Waals surface area contributed by atoms with Crippen LogP contribution in [0.1, 0.15) is 50.1 Å². The summed E-state index contributed by atoms with van der Waals surface area (Å²) in [6.07, 6.45) is 1.77. The molecule has 0 aliphatic carbocycles. The molecule has 8 nitrogen and oxygen atoms in total. The fraction of sp³-hybridized carbons (Fsp3) is 0.538. The van der Waals surface area contributed by atoms with Crippen molar-refractivity contribution < 1.29 is 9.32 Å². The average Bonchev–Trinajstić information content (AvgIpc) is 2.95. The van der Waals surface area contributed by atoms with Crippen molar-refractivity contribution in [2.75, 3.05) is 5.32 Å². The van der Waals surface area contributed by atoms with Gasteiger partial charge in [-0.1, -0.05) is 19.0 Å². The van der Waals surface area contributed by atoms with Gasteiger partial charge in [0.05, 0.1) is 11.4 Å². The number of hydrogen-bond acceptors (Lipinski definition) is 5. The molecule has 2 aromatic heterocycles. The highest BCUT2D eigenvalue weighted by Gasteiger charge is 2.18. The van der Waals surface area contributed by atoms with Gasteiger partial charge in [-0.15, -0.1) is 0 Å². The van der Waals surface area contributed by atoms with E-state index in [1.807, 2.05) is 20.9 Å². The first-order chi connectivity index (χ1) is 9.86. The summed E-state index contributed by atoms with van der Waals surface area (Å²) in [5, 5.41) is 13.6. The lowest BCUT2D eigenvalue weighted by atomic mass is 10.1. The Morgan fingerprint density at radius 3 is 2.67 bits per heavy atom. The molecule has 0 aliphatic rings. The van der Waals surface area contributed by atoms with E-state index in [4.69, 9.17) is 4.52 Å². The number of amides is 2. The van der Waals surface area contributed by atoms with Crippen LogP contribution in [0.25, 0.3) is 0 Å². The largest absolute Gasteiger partial charge is 0.337 e. The Morgan fingerprint density at radius 2 is 2.10 bits per heavy atom. The molecule has 2 amide bonds. The summed E-state index contributed by atoms with van der Waals surface area (Å²) in [5.74, 6) is 1.13. The minimum Gasteiger partial charge on any atom is -0.337 e. The number of anilines is 1. The van der Waals surface area contributed by atoms with E-state index in [0.717, 1.165) is 5.69 Å². The predicted molar refractivity (Wildman–Crippen MR) is 76.9 cm³/mol. The van der Waals surface area contributed by atoms with Crippen molar-refractivity contribution in [3.05, 3.63) is 23.6 Å². The van der Waals surface area contributed by atoms with Crippen molar-refractivity contribution in [1.82, 2.24) is 25.2 Å². The summed E-state index contributed by atoms with van der Waals surface area (Å²) in [6.45, 7) is 7.55. The van der Waals surface area contributed by atoms with Crippen LogP contribution in [0, 0.1) is 6.92 Å². The molecule has 0 saturated carbocycles. The number of urea groups is 1. The molecule has 2 N–H and O–H groups in total. The van der Waals surface area contributed by atoms with E-state index in [9.17, 15) is 4.79 Å². The van der Waals surface area contributed by atoms with Crippen LogP contribution < -0.4 is 10.6 Å². The summed E-state index contributed by atoms with van der Waals surface area (Å²) < 4.78 is 6.70. The number of carbonyl (C=O) groups excluding carboxylic acids is 1. The molecular formula is C13H20N6O2. The van der Waals surface area contributed by atoms with Crippen molar-refractivity contribution in [1.29, 1.82) is 0 Å². The van der Waals surface area contributed by atoms with Crippen molar-refractivity contribution in [2.24, 2.45) is 7.05 Å². The second kappa shape index (κ2) is 5.94. The Kier molecular flexibility index (Phi) is 4.25. The zero-order chi connectivity index (χ0) is 15.6. The summed E-state index contributed by atoms with van der Waals surface area (Å²) in [6, 6.07) is -0.710. The first kappa shape index (κ1) is 15.0. The van der Waals surface area contributed by atoms with Crippen LogP contribution in [0.5, 0.6) is 0 Å². The quantitative estimate of drug-likeness (QED) is 0.899. The van der Waals surface area contributed by atoms with Crippen LogP contribution in [0.3, 0.4) is 0 Å². The molecule has 21 heavy (non-hydrogen) atoms. The number of aromatic nitrogens is 4. The molecule has 0 spiro atoms. The van der Waals surface area contributed by atoms with Gasteiger partial charge in [-0.25, -0.2) is 4.79 Å². The van der Waals surface area contributed by atoms with Gasteiger partial charge < -0.3 is 15.2 Å². The molecule has 1 atom stereocenters. The maximum absolute atomic E-state index is 12.0. The Balaban J connectivity index is 2.02. The zero-order valence-electron chi connectivity index (χ0n) is 12.8. The molecule has 0 saturated heterocycles. The van der Waals surface area contributed by atoms with E-state index in [1.54, 1.807) is 24.7 Å². The second-order valence-corrected chi connectivity index (χ2v) is 5.26. The van der Waals surface area contributed by atoms with E-state index >= 15 is 0 Å². The number of nitrogens with one attached hydrogen (secondary N) is 2. The molecule has 0 aromatic carbocycles. The van der Waals surface area contributed by atoms with Crippen LogP contribution in [0.4, 0.5) is 10.5 Å². The average molecular weight is 292 g/mol. The van der Waals surface area contributed by atoms with Crippen molar-refractivity contribution in [3.8, 4) is 0 Å². The third-order valence-electron chi connectivity index (χ3n) is 2.91. The molecule has 2 rings (SSSR count). The first-order valence-corrected chi connectivity index (χ1v) is 6.78. The maximum atomic E-state index is 12.0. The van der Waals surface area contributed by atoms with Gasteiger partial charge in [-0.05, 0) is 19.8 Å². The summed E-state index contributed by atoms with van der Waals surface area (Å²) in [7, 11) is 1.82. The van der Waals surface area contributed by atoms with E-state index in [1.165, 1.54) is 0 Å². The fourth-order valence-corrected chi connectivity index (χ4v) is 1.93. The zero-order valence-corrected chi connectivity index (χ0v) is 12.8. The Hall–Kier alpha value is -2.38. The number of hydrogen-bond donors (Lipinski definition) is 2. The molecule has 2 heterocycles. The molecule has 2 aromatic rings. The Morgan fingerprint density at radius 1 is 1.38 bits per heavy atom. The number of nitrogens with zero attached hydrogens (tertiary/aromatic N) is 4. The van der Waals surface area contributed by atoms with Gasteiger partial charge in [0, 0.05) is 13.2 Å². The molecule has 0 fully saturated rings. The molecule has 1 unspecified atom stereocenters. The number of aryl methyl sites for hydroxylation is 2. The van der Waals surface area contributed by atoms with Crippen molar-refractivity contribution in [2.45, 2.75) is 39.7 Å². The number of carbonyl (C=O) groups is 1. The van der Waals surface area contributed by atoms with Gasteiger partial charge >= 0.3 is 6.03 Å². The van der Waals surface area contributed by atoms with Crippen LogP contribution >= 0.6 is 0 Å². The molecule has 0 bridgehead atoms. The summed E-state index contributed by atoms with van der Waals surface area (Å²) >= 11 is 0. The van der Waals surface area contributed by atoms with Gasteiger partial charge in [0.25, 0.3) is 0 Å². The minimum atomic E-state index is -0.370. The van der Waals surface area contributed by atoms with Gasteiger partial charge in [0.15, 0.2) is 5.82 Å². The molecule has 0 radical (unpaired) electrons. The molecule has 114 valence electrons. The van der Waals surface area contributed by atoms with Gasteiger partial charge in [0.2, 0.25) is 5.89 Å². The lowest BCUT2D eigenvalue weighted by Crippen LogP contribution is -2.31. The van der Waals surface area contributed by atoms with Gasteiger partial charge in [-0.2, -0.15) is 10.1 Å². The van der Waals surface area contributed by atoms with Crippen LogP contribution in [0.15, 0.2) is 10.7 Å². The molecule has 0 aliphatic heterocycles. The molecule has 8 heteroatoms. The normalized spacial score (nSPS) is 12.5. The van der Waals surface area contributed by atoms with Gasteiger partial charge in [0.1, 0.15) is 6.04 Å². The number of rotatable bonds is 4. The lowest BCUT2D eigenvalue weighted by molar-refractivity contribution is 0.245. The van der Waals surface area contributed by atoms with E-state index < -0.39 is 0 Å². The highest BCUT2D eigenvalue weighted by atomic mass is 16.5. The van der Waals surface area contributed by atoms with E-state index in [-0.39, 0.29) is 18.0 Å². The van der Waals surface area contributed by atoms with Crippen LogP contribution in [-0.4, -0.2) is 26.0 Å². The highest BCUT2D eigenvalue weighted by Crippen LogP contribution is 2.22. The lowest BCUT2D eigenvalue weighted by Gasteiger charge is -2.11. The summed E-state index contributed by atoms with van der Waals surface area (Å²) in [5.41, 5.74) is 1.54. The second-order valence-electron chi connectivity index (χ2n) is 5.26. The fourth-order valence-electron chi connectivity index (χ4n) is 1.93. The van der Waals surface area contributed by atoms with E-state index in [0.29, 0.717) is 17.4 Å². The van der Waals surface area contributed by atoms with Crippen LogP contribution in [-0.2, 0) is 7.05 Å². The van der Waals surface area contributed by atoms with Crippen molar-refractivity contribution >= 4 is 11.7 Å². The Labute approximate surface area is 122 Å². The first-order valence-electron chi connectivity index (χ1n) is 6.78. The standard InChI is InChI=1S/C13H20N6O2/c1-7(2)11-10(6-19(5)17-11)16-13(20)14-8(3)12-15-9(4)18-21-12/h6-8H,1-5H3,(H2,14,16,20).